The smallest absolute Gasteiger partial charge is 0.255 e. The number of aryl methyl sites for hydroxylation is 1. The van der Waals surface area contributed by atoms with Crippen molar-refractivity contribution < 1.29 is 14.3 Å². The molecule has 0 radical (unpaired) electrons. The van der Waals surface area contributed by atoms with Gasteiger partial charge in [0, 0.05) is 7.05 Å². The van der Waals surface area contributed by atoms with E-state index in [2.05, 4.69) is 10.3 Å². The van der Waals surface area contributed by atoms with Gasteiger partial charge in [-0.1, -0.05) is 42.5 Å². The summed E-state index contributed by atoms with van der Waals surface area (Å²) < 4.78 is 13.4. The van der Waals surface area contributed by atoms with Gasteiger partial charge in [-0.25, -0.2) is 4.98 Å². The van der Waals surface area contributed by atoms with E-state index in [4.69, 9.17) is 9.47 Å². The SMILES string of the molecule is Cn1c(CNC(=O)c2ccccc2OCCOc2ccccc2)nc2ccccc21. The number of nitrogens with zero attached hydrogens (tertiary/aromatic N) is 2. The van der Waals surface area contributed by atoms with Gasteiger partial charge in [0.2, 0.25) is 0 Å². The lowest BCUT2D eigenvalue weighted by molar-refractivity contribution is 0.0944. The fourth-order valence-electron chi connectivity index (χ4n) is 3.22. The van der Waals surface area contributed by atoms with Gasteiger partial charge in [0.15, 0.2) is 0 Å². The van der Waals surface area contributed by atoms with E-state index in [9.17, 15) is 4.79 Å². The highest BCUT2D eigenvalue weighted by atomic mass is 16.5. The zero-order valence-corrected chi connectivity index (χ0v) is 16.7. The van der Waals surface area contributed by atoms with Crippen LogP contribution < -0.4 is 14.8 Å². The Morgan fingerprint density at radius 3 is 2.43 bits per heavy atom. The third-order valence-corrected chi connectivity index (χ3v) is 4.77. The second-order valence-corrected chi connectivity index (χ2v) is 6.76. The molecule has 0 aliphatic heterocycles. The molecule has 0 atom stereocenters. The molecule has 0 bridgehead atoms. The van der Waals surface area contributed by atoms with Crippen LogP contribution in [0.4, 0.5) is 0 Å². The van der Waals surface area contributed by atoms with E-state index in [1.54, 1.807) is 12.1 Å². The number of carbonyl (C=O) groups excluding carboxylic acids is 1. The highest BCUT2D eigenvalue weighted by Gasteiger charge is 2.14. The Labute approximate surface area is 175 Å². The molecule has 3 aromatic carbocycles. The van der Waals surface area contributed by atoms with Gasteiger partial charge >= 0.3 is 0 Å². The van der Waals surface area contributed by atoms with Crippen molar-refractivity contribution in [3.63, 3.8) is 0 Å². The molecular weight excluding hydrogens is 378 g/mol. The Bertz CT molecular complexity index is 1140. The van der Waals surface area contributed by atoms with Crippen molar-refractivity contribution in [2.45, 2.75) is 6.54 Å². The van der Waals surface area contributed by atoms with Gasteiger partial charge in [-0.2, -0.15) is 0 Å². The van der Waals surface area contributed by atoms with E-state index in [0.717, 1.165) is 22.6 Å². The van der Waals surface area contributed by atoms with Crippen molar-refractivity contribution in [3.05, 3.63) is 90.3 Å². The monoisotopic (exact) mass is 401 g/mol. The summed E-state index contributed by atoms with van der Waals surface area (Å²) in [6.45, 7) is 1.05. The van der Waals surface area contributed by atoms with Gasteiger partial charge in [-0.05, 0) is 36.4 Å². The van der Waals surface area contributed by atoms with Crippen molar-refractivity contribution in [3.8, 4) is 11.5 Å². The minimum absolute atomic E-state index is 0.207. The van der Waals surface area contributed by atoms with Crippen LogP contribution in [-0.4, -0.2) is 28.7 Å². The molecule has 6 heteroatoms. The number of amides is 1. The maximum atomic E-state index is 12.8. The van der Waals surface area contributed by atoms with Gasteiger partial charge in [0.05, 0.1) is 23.1 Å². The molecule has 4 rings (SSSR count). The molecule has 0 saturated heterocycles. The third kappa shape index (κ3) is 4.43. The van der Waals surface area contributed by atoms with Gasteiger partial charge in [0.25, 0.3) is 5.91 Å². The summed E-state index contributed by atoms with van der Waals surface area (Å²) in [7, 11) is 1.95. The van der Waals surface area contributed by atoms with E-state index < -0.39 is 0 Å². The number of carbonyl (C=O) groups is 1. The molecule has 0 unspecified atom stereocenters. The molecule has 1 aromatic heterocycles. The Kier molecular flexibility index (Phi) is 5.94. The molecule has 1 N–H and O–H groups in total. The fraction of sp³-hybridized carbons (Fsp3) is 0.167. The van der Waals surface area contributed by atoms with Gasteiger partial charge in [-0.3, -0.25) is 4.79 Å². The zero-order chi connectivity index (χ0) is 20.8. The maximum Gasteiger partial charge on any atom is 0.255 e. The summed E-state index contributed by atoms with van der Waals surface area (Å²) in [6.07, 6.45) is 0. The number of rotatable bonds is 8. The summed E-state index contributed by atoms with van der Waals surface area (Å²) in [4.78, 5) is 17.4. The van der Waals surface area contributed by atoms with Gasteiger partial charge in [-0.15, -0.1) is 0 Å². The Hall–Kier alpha value is -3.80. The quantitative estimate of drug-likeness (QED) is 0.454. The average Bonchev–Trinajstić information content (AvgIpc) is 3.12. The van der Waals surface area contributed by atoms with Crippen LogP contribution in [-0.2, 0) is 13.6 Å². The van der Waals surface area contributed by atoms with Crippen molar-refractivity contribution in [2.75, 3.05) is 13.2 Å². The molecule has 152 valence electrons. The number of imidazole rings is 1. The number of benzene rings is 3. The fourth-order valence-corrected chi connectivity index (χ4v) is 3.22. The summed E-state index contributed by atoms with van der Waals surface area (Å²) in [5.41, 5.74) is 2.42. The molecule has 1 heterocycles. The van der Waals surface area contributed by atoms with Gasteiger partial charge in [0.1, 0.15) is 30.5 Å². The van der Waals surface area contributed by atoms with Crippen LogP contribution in [0.5, 0.6) is 11.5 Å². The second-order valence-electron chi connectivity index (χ2n) is 6.76. The molecule has 6 nitrogen and oxygen atoms in total. The molecule has 0 spiro atoms. The van der Waals surface area contributed by atoms with E-state index in [0.29, 0.717) is 31.1 Å². The number of nitrogens with one attached hydrogen (secondary N) is 1. The highest BCUT2D eigenvalue weighted by molar-refractivity contribution is 5.96. The first-order valence-corrected chi connectivity index (χ1v) is 9.80. The van der Waals surface area contributed by atoms with Gasteiger partial charge < -0.3 is 19.4 Å². The molecule has 0 aliphatic carbocycles. The van der Waals surface area contributed by atoms with E-state index in [1.165, 1.54) is 0 Å². The van der Waals surface area contributed by atoms with Crippen molar-refractivity contribution in [1.82, 2.24) is 14.9 Å². The van der Waals surface area contributed by atoms with E-state index >= 15 is 0 Å². The molecule has 0 saturated carbocycles. The minimum Gasteiger partial charge on any atom is -0.490 e. The molecule has 0 aliphatic rings. The molecule has 4 aromatic rings. The lowest BCUT2D eigenvalue weighted by Gasteiger charge is -2.12. The van der Waals surface area contributed by atoms with Crippen molar-refractivity contribution in [2.24, 2.45) is 7.05 Å². The molecule has 0 fully saturated rings. The van der Waals surface area contributed by atoms with Crippen LogP contribution in [0.15, 0.2) is 78.9 Å². The maximum absolute atomic E-state index is 12.8. The van der Waals surface area contributed by atoms with Crippen LogP contribution in [0.1, 0.15) is 16.2 Å². The first-order chi connectivity index (χ1) is 14.7. The second kappa shape index (κ2) is 9.13. The van der Waals surface area contributed by atoms with E-state index in [1.807, 2.05) is 78.3 Å². The molecule has 1 amide bonds. The minimum atomic E-state index is -0.207. The first-order valence-electron chi connectivity index (χ1n) is 9.80. The van der Waals surface area contributed by atoms with Crippen molar-refractivity contribution in [1.29, 1.82) is 0 Å². The lowest BCUT2D eigenvalue weighted by Crippen LogP contribution is -2.25. The van der Waals surface area contributed by atoms with Crippen LogP contribution in [0.2, 0.25) is 0 Å². The third-order valence-electron chi connectivity index (χ3n) is 4.77. The van der Waals surface area contributed by atoms with Crippen LogP contribution >= 0.6 is 0 Å². The van der Waals surface area contributed by atoms with Crippen LogP contribution in [0, 0.1) is 0 Å². The number of ether oxygens (including phenoxy) is 2. The number of hydrogen-bond donors (Lipinski definition) is 1. The van der Waals surface area contributed by atoms with Crippen LogP contribution in [0.25, 0.3) is 11.0 Å². The standard InChI is InChI=1S/C24H23N3O3/c1-27-21-13-7-6-12-20(21)26-23(27)17-25-24(28)19-11-5-8-14-22(19)30-16-15-29-18-9-3-2-4-10-18/h2-14H,15-17H2,1H3,(H,25,28). The average molecular weight is 401 g/mol. The number of aromatic nitrogens is 2. The molecule has 30 heavy (non-hydrogen) atoms. The summed E-state index contributed by atoms with van der Waals surface area (Å²) in [6, 6.07) is 24.6. The highest BCUT2D eigenvalue weighted by Crippen LogP contribution is 2.19. The Balaban J connectivity index is 1.36. The zero-order valence-electron chi connectivity index (χ0n) is 16.7. The summed E-state index contributed by atoms with van der Waals surface area (Å²) >= 11 is 0. The number of hydrogen-bond acceptors (Lipinski definition) is 4. The number of para-hydroxylation sites is 4. The van der Waals surface area contributed by atoms with E-state index in [-0.39, 0.29) is 5.91 Å². The lowest BCUT2D eigenvalue weighted by atomic mass is 10.2. The Morgan fingerprint density at radius 1 is 0.900 bits per heavy atom. The normalized spacial score (nSPS) is 10.7. The predicted octanol–water partition coefficient (Wildman–Crippen LogP) is 3.96. The molecular formula is C24H23N3O3. The largest absolute Gasteiger partial charge is 0.490 e. The van der Waals surface area contributed by atoms with Crippen LogP contribution in [0.3, 0.4) is 0 Å². The predicted molar refractivity (Wildman–Crippen MR) is 116 cm³/mol. The topological polar surface area (TPSA) is 65.4 Å². The first kappa shape index (κ1) is 19.5. The number of fused-ring (bicyclic) bond motifs is 1. The summed E-state index contributed by atoms with van der Waals surface area (Å²) in [5, 5.41) is 2.94. The Morgan fingerprint density at radius 2 is 1.60 bits per heavy atom. The van der Waals surface area contributed by atoms with Crippen molar-refractivity contribution >= 4 is 16.9 Å². The summed E-state index contributed by atoms with van der Waals surface area (Å²) in [5.74, 6) is 1.90.